The van der Waals surface area contributed by atoms with E-state index in [0.29, 0.717) is 0 Å². The molecule has 0 unspecified atom stereocenters. The number of aromatic nitrogens is 1. The highest BCUT2D eigenvalue weighted by Crippen LogP contribution is 2.50. The maximum absolute atomic E-state index is 4.82. The molecule has 4 heteroatoms. The first-order valence-corrected chi connectivity index (χ1v) is 8.86. The second-order valence-corrected chi connectivity index (χ2v) is 7.67. The molecule has 2 heterocycles. The lowest BCUT2D eigenvalue weighted by atomic mass is 10.1. The first-order chi connectivity index (χ1) is 10.2. The zero-order valence-corrected chi connectivity index (χ0v) is 14.8. The lowest BCUT2D eigenvalue weighted by Gasteiger charge is -2.21. The number of halogens is 2. The van der Waals surface area contributed by atoms with Crippen molar-refractivity contribution < 1.29 is 0 Å². The monoisotopic (exact) mass is 417 g/mol. The smallest absolute Gasteiger partial charge is 0.0916 e. The Bertz CT molecular complexity index is 888. The number of hydrogen-bond acceptors (Lipinski definition) is 2. The third-order valence-corrected chi connectivity index (χ3v) is 5.48. The molecule has 0 N–H and O–H groups in total. The summed E-state index contributed by atoms with van der Waals surface area (Å²) < 4.78 is 2.08. The van der Waals surface area contributed by atoms with Gasteiger partial charge in [0.1, 0.15) is 0 Å². The maximum Gasteiger partial charge on any atom is 0.0916 e. The minimum atomic E-state index is 1.01. The predicted octanol–water partition coefficient (Wildman–Crippen LogP) is 6.36. The van der Waals surface area contributed by atoms with Crippen LogP contribution in [0.4, 0.5) is 0 Å². The van der Waals surface area contributed by atoms with Crippen LogP contribution in [0.3, 0.4) is 0 Å². The number of hydrogen-bond donors (Lipinski definition) is 0. The van der Waals surface area contributed by atoms with E-state index in [0.717, 1.165) is 25.5 Å². The summed E-state index contributed by atoms with van der Waals surface area (Å²) in [6.45, 7) is 0. The van der Waals surface area contributed by atoms with Crippen LogP contribution in [0.2, 0.25) is 0 Å². The summed E-state index contributed by atoms with van der Waals surface area (Å²) in [7, 11) is 0. The van der Waals surface area contributed by atoms with Gasteiger partial charge in [-0.3, -0.25) is 0 Å². The molecule has 0 fully saturated rings. The Morgan fingerprint density at radius 3 is 2.62 bits per heavy atom. The van der Waals surface area contributed by atoms with Gasteiger partial charge < -0.3 is 0 Å². The lowest BCUT2D eigenvalue weighted by molar-refractivity contribution is 1.23. The van der Waals surface area contributed by atoms with Crippen LogP contribution in [0.25, 0.3) is 21.9 Å². The molecule has 0 bridgehead atoms. The summed E-state index contributed by atoms with van der Waals surface area (Å²) in [6.07, 6.45) is 2.19. The SMILES string of the molecule is Brc1cc(Br)c2nc3c(cc2c1)S/C3=C\c1ccccc1. The first-order valence-electron chi connectivity index (χ1n) is 6.45. The van der Waals surface area contributed by atoms with Crippen LogP contribution < -0.4 is 0 Å². The van der Waals surface area contributed by atoms with E-state index < -0.39 is 0 Å². The van der Waals surface area contributed by atoms with E-state index in [1.54, 1.807) is 11.8 Å². The van der Waals surface area contributed by atoms with Gasteiger partial charge in [-0.2, -0.15) is 0 Å². The fraction of sp³-hybridized carbons (Fsp3) is 0. The molecule has 0 amide bonds. The van der Waals surface area contributed by atoms with Gasteiger partial charge >= 0.3 is 0 Å². The van der Waals surface area contributed by atoms with E-state index in [4.69, 9.17) is 4.98 Å². The number of fused-ring (bicyclic) bond motifs is 2. The molecule has 1 aliphatic rings. The van der Waals surface area contributed by atoms with Crippen LogP contribution in [0.15, 0.2) is 62.4 Å². The third kappa shape index (κ3) is 2.45. The summed E-state index contributed by atoms with van der Waals surface area (Å²) in [5.41, 5.74) is 3.32. The second-order valence-electron chi connectivity index (χ2n) is 4.82. The van der Waals surface area contributed by atoms with Crippen LogP contribution in [0.1, 0.15) is 11.3 Å². The van der Waals surface area contributed by atoms with E-state index >= 15 is 0 Å². The van der Waals surface area contributed by atoms with Gasteiger partial charge in [-0.25, -0.2) is 4.98 Å². The third-order valence-electron chi connectivity index (χ3n) is 3.35. The molecule has 3 aromatic rings. The van der Waals surface area contributed by atoms with Crippen molar-refractivity contribution in [3.8, 4) is 0 Å². The lowest BCUT2D eigenvalue weighted by Crippen LogP contribution is -2.00. The number of rotatable bonds is 1. The predicted molar refractivity (Wildman–Crippen MR) is 97.3 cm³/mol. The molecular weight excluding hydrogens is 410 g/mol. The van der Waals surface area contributed by atoms with Crippen LogP contribution in [0.5, 0.6) is 0 Å². The van der Waals surface area contributed by atoms with Gasteiger partial charge in [0, 0.05) is 24.1 Å². The largest absolute Gasteiger partial charge is 0.245 e. The summed E-state index contributed by atoms with van der Waals surface area (Å²) in [4.78, 5) is 7.30. The number of pyridine rings is 1. The highest BCUT2D eigenvalue weighted by atomic mass is 79.9. The zero-order valence-electron chi connectivity index (χ0n) is 10.8. The maximum atomic E-state index is 4.82. The summed E-state index contributed by atoms with van der Waals surface area (Å²) >= 11 is 8.91. The quantitative estimate of drug-likeness (QED) is 0.455. The molecule has 4 rings (SSSR count). The van der Waals surface area contributed by atoms with E-state index in [9.17, 15) is 0 Å². The van der Waals surface area contributed by atoms with E-state index in [1.807, 2.05) is 12.1 Å². The Kier molecular flexibility index (Phi) is 3.40. The van der Waals surface area contributed by atoms with Crippen molar-refractivity contribution in [2.24, 2.45) is 0 Å². The molecule has 0 atom stereocenters. The van der Waals surface area contributed by atoms with E-state index in [-0.39, 0.29) is 0 Å². The molecule has 0 saturated carbocycles. The van der Waals surface area contributed by atoms with E-state index in [2.05, 4.69) is 74.3 Å². The van der Waals surface area contributed by atoms with Crippen LogP contribution in [-0.4, -0.2) is 4.98 Å². The minimum absolute atomic E-state index is 1.01. The average Bonchev–Trinajstić information content (AvgIpc) is 2.45. The molecule has 0 radical (unpaired) electrons. The van der Waals surface area contributed by atoms with Gasteiger partial charge in [-0.15, -0.1) is 0 Å². The van der Waals surface area contributed by atoms with Gasteiger partial charge in [0.2, 0.25) is 0 Å². The summed E-state index contributed by atoms with van der Waals surface area (Å²) in [5, 5.41) is 1.15. The Hall–Kier alpha value is -1.10. The molecule has 1 aromatic heterocycles. The minimum Gasteiger partial charge on any atom is -0.245 e. The standard InChI is InChI=1S/C17H9Br2NS/c18-12-7-11-8-15-17(20-16(11)13(19)9-12)14(21-15)6-10-4-2-1-3-5-10/h1-9H/b14-6-. The molecule has 0 spiro atoms. The zero-order chi connectivity index (χ0) is 14.4. The summed E-state index contributed by atoms with van der Waals surface area (Å²) in [6, 6.07) is 16.7. The molecule has 1 aliphatic heterocycles. The number of thioether (sulfide) groups is 1. The normalized spacial score (nSPS) is 15.0. The van der Waals surface area contributed by atoms with Crippen molar-refractivity contribution in [2.75, 3.05) is 0 Å². The van der Waals surface area contributed by atoms with Crippen molar-refractivity contribution >= 4 is 65.5 Å². The van der Waals surface area contributed by atoms with Crippen molar-refractivity contribution in [3.63, 3.8) is 0 Å². The number of benzene rings is 2. The molecule has 0 saturated heterocycles. The molecule has 21 heavy (non-hydrogen) atoms. The molecule has 2 aromatic carbocycles. The molecule has 0 aliphatic carbocycles. The Morgan fingerprint density at radius 2 is 1.81 bits per heavy atom. The fourth-order valence-electron chi connectivity index (χ4n) is 2.36. The van der Waals surface area contributed by atoms with Crippen molar-refractivity contribution in [1.82, 2.24) is 4.98 Å². The topological polar surface area (TPSA) is 12.9 Å². The van der Waals surface area contributed by atoms with Crippen molar-refractivity contribution in [2.45, 2.75) is 4.90 Å². The second kappa shape index (κ2) is 5.27. The van der Waals surface area contributed by atoms with Crippen LogP contribution in [0, 0.1) is 0 Å². The highest BCUT2D eigenvalue weighted by molar-refractivity contribution is 9.11. The van der Waals surface area contributed by atoms with Gasteiger partial charge in [0.25, 0.3) is 0 Å². The van der Waals surface area contributed by atoms with Gasteiger partial charge in [-0.1, -0.05) is 58.0 Å². The Labute approximate surface area is 143 Å². The molecule has 1 nitrogen and oxygen atoms in total. The average molecular weight is 419 g/mol. The first kappa shape index (κ1) is 13.6. The van der Waals surface area contributed by atoms with Gasteiger partial charge in [0.05, 0.1) is 11.2 Å². The van der Waals surface area contributed by atoms with Crippen molar-refractivity contribution in [3.05, 3.63) is 68.7 Å². The van der Waals surface area contributed by atoms with E-state index in [1.165, 1.54) is 15.4 Å². The fourth-order valence-corrected chi connectivity index (χ4v) is 4.68. The van der Waals surface area contributed by atoms with Crippen LogP contribution >= 0.6 is 43.6 Å². The number of nitrogens with zero attached hydrogens (tertiary/aromatic N) is 1. The highest BCUT2D eigenvalue weighted by Gasteiger charge is 2.23. The van der Waals surface area contributed by atoms with Crippen molar-refractivity contribution in [1.29, 1.82) is 0 Å². The Balaban J connectivity index is 1.84. The van der Waals surface area contributed by atoms with Crippen LogP contribution in [-0.2, 0) is 0 Å². The Morgan fingerprint density at radius 1 is 1.00 bits per heavy atom. The molecular formula is C17H9Br2NS. The van der Waals surface area contributed by atoms with Gasteiger partial charge in [0.15, 0.2) is 0 Å². The summed E-state index contributed by atoms with van der Waals surface area (Å²) in [5.74, 6) is 0. The van der Waals surface area contributed by atoms with Gasteiger partial charge in [-0.05, 0) is 45.8 Å². The molecule has 102 valence electrons.